The number of rotatable bonds is 2. The van der Waals surface area contributed by atoms with Gasteiger partial charge < -0.3 is 10.5 Å². The molecule has 5 nitrogen and oxygen atoms in total. The average molecular weight is 275 g/mol. The lowest BCUT2D eigenvalue weighted by molar-refractivity contribution is -0.140. The highest BCUT2D eigenvalue weighted by Gasteiger charge is 1.82. The SMILES string of the molecule is CCOC(C)=O.NCc1ccccn1.c1ccncc1. The maximum Gasteiger partial charge on any atom is 0.302 e. The van der Waals surface area contributed by atoms with Crippen molar-refractivity contribution in [3.8, 4) is 0 Å². The number of carbonyl (C=O) groups is 1. The van der Waals surface area contributed by atoms with Gasteiger partial charge in [-0.05, 0) is 31.2 Å². The molecule has 0 aliphatic rings. The first-order valence-electron chi connectivity index (χ1n) is 6.29. The highest BCUT2D eigenvalue weighted by atomic mass is 16.5. The van der Waals surface area contributed by atoms with Crippen LogP contribution < -0.4 is 5.73 Å². The highest BCUT2D eigenvalue weighted by molar-refractivity contribution is 5.65. The smallest absolute Gasteiger partial charge is 0.302 e. The number of nitrogens with zero attached hydrogens (tertiary/aromatic N) is 2. The third-order valence-corrected chi connectivity index (χ3v) is 1.85. The third kappa shape index (κ3) is 12.2. The molecule has 0 saturated heterocycles. The van der Waals surface area contributed by atoms with E-state index in [0.717, 1.165) is 5.69 Å². The summed E-state index contributed by atoms with van der Waals surface area (Å²) in [5.41, 5.74) is 6.22. The fourth-order valence-electron chi connectivity index (χ4n) is 1.03. The Hall–Kier alpha value is -2.27. The molecular formula is C15H21N3O2. The van der Waals surface area contributed by atoms with Crippen LogP contribution in [0.25, 0.3) is 0 Å². The Morgan fingerprint density at radius 3 is 2.00 bits per heavy atom. The summed E-state index contributed by atoms with van der Waals surface area (Å²) < 4.78 is 4.40. The van der Waals surface area contributed by atoms with E-state index in [1.807, 2.05) is 36.4 Å². The van der Waals surface area contributed by atoms with Crippen molar-refractivity contribution in [3.63, 3.8) is 0 Å². The van der Waals surface area contributed by atoms with Crippen molar-refractivity contribution in [2.75, 3.05) is 6.61 Å². The molecular weight excluding hydrogens is 254 g/mol. The number of nitrogens with two attached hydrogens (primary N) is 1. The van der Waals surface area contributed by atoms with Gasteiger partial charge in [-0.2, -0.15) is 0 Å². The molecule has 108 valence electrons. The van der Waals surface area contributed by atoms with E-state index >= 15 is 0 Å². The second-order valence-corrected chi connectivity index (χ2v) is 3.47. The van der Waals surface area contributed by atoms with E-state index in [9.17, 15) is 4.79 Å². The van der Waals surface area contributed by atoms with Gasteiger partial charge >= 0.3 is 5.97 Å². The fraction of sp³-hybridized carbons (Fsp3) is 0.267. The molecule has 2 N–H and O–H groups in total. The van der Waals surface area contributed by atoms with E-state index in [2.05, 4.69) is 14.7 Å². The van der Waals surface area contributed by atoms with Gasteiger partial charge in [-0.15, -0.1) is 0 Å². The number of ether oxygens (including phenoxy) is 1. The first kappa shape index (κ1) is 17.7. The maximum atomic E-state index is 9.82. The van der Waals surface area contributed by atoms with Crippen LogP contribution in [0.2, 0.25) is 0 Å². The highest BCUT2D eigenvalue weighted by Crippen LogP contribution is 1.88. The number of hydrogen-bond donors (Lipinski definition) is 1. The molecule has 0 saturated carbocycles. The molecule has 0 amide bonds. The molecule has 2 aromatic heterocycles. The number of carbonyl (C=O) groups excluding carboxylic acids is 1. The molecule has 0 aliphatic heterocycles. The molecule has 0 fully saturated rings. The van der Waals surface area contributed by atoms with Crippen LogP contribution in [0, 0.1) is 0 Å². The van der Waals surface area contributed by atoms with Gasteiger partial charge in [0.2, 0.25) is 0 Å². The summed E-state index contributed by atoms with van der Waals surface area (Å²) in [4.78, 5) is 17.6. The molecule has 0 atom stereocenters. The van der Waals surface area contributed by atoms with Crippen molar-refractivity contribution in [3.05, 3.63) is 60.7 Å². The monoisotopic (exact) mass is 275 g/mol. The Balaban J connectivity index is 0.000000276. The lowest BCUT2D eigenvalue weighted by Gasteiger charge is -1.89. The Morgan fingerprint density at radius 1 is 1.15 bits per heavy atom. The number of aromatic nitrogens is 2. The van der Waals surface area contributed by atoms with E-state index in [1.54, 1.807) is 25.5 Å². The zero-order chi connectivity index (χ0) is 15.1. The lowest BCUT2D eigenvalue weighted by atomic mass is 10.4. The van der Waals surface area contributed by atoms with Crippen LogP contribution in [0.15, 0.2) is 55.0 Å². The van der Waals surface area contributed by atoms with Gasteiger partial charge in [0.1, 0.15) is 0 Å². The lowest BCUT2D eigenvalue weighted by Crippen LogP contribution is -1.97. The molecule has 5 heteroatoms. The minimum Gasteiger partial charge on any atom is -0.466 e. The van der Waals surface area contributed by atoms with Crippen LogP contribution in [-0.4, -0.2) is 22.5 Å². The molecule has 0 spiro atoms. The summed E-state index contributed by atoms with van der Waals surface area (Å²) in [5.74, 6) is -0.211. The summed E-state index contributed by atoms with van der Waals surface area (Å²) >= 11 is 0. The Kier molecular flexibility index (Phi) is 11.7. The minimum absolute atomic E-state index is 0.211. The predicted octanol–water partition coefficient (Wildman–Crippen LogP) is 2.19. The fourth-order valence-corrected chi connectivity index (χ4v) is 1.03. The molecule has 20 heavy (non-hydrogen) atoms. The molecule has 0 aromatic carbocycles. The largest absolute Gasteiger partial charge is 0.466 e. The summed E-state index contributed by atoms with van der Waals surface area (Å²) in [6.07, 6.45) is 5.24. The van der Waals surface area contributed by atoms with Gasteiger partial charge in [-0.1, -0.05) is 12.1 Å². The van der Waals surface area contributed by atoms with Crippen LogP contribution in [0.4, 0.5) is 0 Å². The van der Waals surface area contributed by atoms with Gasteiger partial charge in [0.15, 0.2) is 0 Å². The normalized spacial score (nSPS) is 8.35. The Bertz CT molecular complexity index is 409. The van der Waals surface area contributed by atoms with E-state index in [1.165, 1.54) is 6.92 Å². The Morgan fingerprint density at radius 2 is 1.80 bits per heavy atom. The van der Waals surface area contributed by atoms with E-state index in [4.69, 9.17) is 5.73 Å². The standard InChI is InChI=1S/C6H8N2.C5H5N.C4H8O2/c7-5-6-3-1-2-4-8-6;1-2-4-6-5-3-1;1-3-6-4(2)5/h1-4H,5,7H2;1-5H;3H2,1-2H3. The average Bonchev–Trinajstić information content (AvgIpc) is 2.51. The quantitative estimate of drug-likeness (QED) is 0.850. The minimum atomic E-state index is -0.211. The van der Waals surface area contributed by atoms with Crippen molar-refractivity contribution < 1.29 is 9.53 Å². The van der Waals surface area contributed by atoms with Crippen LogP contribution in [0.5, 0.6) is 0 Å². The third-order valence-electron chi connectivity index (χ3n) is 1.85. The summed E-state index contributed by atoms with van der Waals surface area (Å²) in [7, 11) is 0. The van der Waals surface area contributed by atoms with E-state index in [-0.39, 0.29) is 5.97 Å². The van der Waals surface area contributed by atoms with Gasteiger partial charge in [-0.25, -0.2) is 0 Å². The molecule has 0 bridgehead atoms. The molecule has 0 radical (unpaired) electrons. The van der Waals surface area contributed by atoms with Crippen LogP contribution in [0.1, 0.15) is 19.5 Å². The van der Waals surface area contributed by atoms with Crippen LogP contribution in [0.3, 0.4) is 0 Å². The Labute approximate surface area is 119 Å². The number of pyridine rings is 2. The molecule has 2 rings (SSSR count). The topological polar surface area (TPSA) is 78.1 Å². The second kappa shape index (κ2) is 13.2. The van der Waals surface area contributed by atoms with E-state index < -0.39 is 0 Å². The maximum absolute atomic E-state index is 9.82. The van der Waals surface area contributed by atoms with Crippen molar-refractivity contribution in [1.29, 1.82) is 0 Å². The summed E-state index contributed by atoms with van der Waals surface area (Å²) in [6.45, 7) is 4.18. The summed E-state index contributed by atoms with van der Waals surface area (Å²) in [6, 6.07) is 11.4. The van der Waals surface area contributed by atoms with Crippen LogP contribution in [-0.2, 0) is 16.1 Å². The van der Waals surface area contributed by atoms with Crippen molar-refractivity contribution >= 4 is 5.97 Å². The molecule has 0 unspecified atom stereocenters. The van der Waals surface area contributed by atoms with Gasteiger partial charge in [0.25, 0.3) is 0 Å². The zero-order valence-electron chi connectivity index (χ0n) is 11.9. The van der Waals surface area contributed by atoms with Gasteiger partial charge in [0, 0.05) is 32.1 Å². The molecule has 2 aromatic rings. The van der Waals surface area contributed by atoms with Crippen molar-refractivity contribution in [2.24, 2.45) is 5.73 Å². The summed E-state index contributed by atoms with van der Waals surface area (Å²) in [5, 5.41) is 0. The van der Waals surface area contributed by atoms with E-state index in [0.29, 0.717) is 13.2 Å². The first-order chi connectivity index (χ1) is 9.70. The first-order valence-corrected chi connectivity index (χ1v) is 6.29. The zero-order valence-corrected chi connectivity index (χ0v) is 11.9. The molecule has 2 heterocycles. The van der Waals surface area contributed by atoms with Crippen LogP contribution >= 0.6 is 0 Å². The van der Waals surface area contributed by atoms with Gasteiger partial charge in [-0.3, -0.25) is 14.8 Å². The molecule has 0 aliphatic carbocycles. The second-order valence-electron chi connectivity index (χ2n) is 3.47. The van der Waals surface area contributed by atoms with Gasteiger partial charge in [0.05, 0.1) is 12.3 Å². The van der Waals surface area contributed by atoms with Crippen molar-refractivity contribution in [2.45, 2.75) is 20.4 Å². The number of hydrogen-bond acceptors (Lipinski definition) is 5. The predicted molar refractivity (Wildman–Crippen MR) is 78.7 cm³/mol. The van der Waals surface area contributed by atoms with Crippen molar-refractivity contribution in [1.82, 2.24) is 9.97 Å². The number of esters is 1.